The topological polar surface area (TPSA) is 100 Å². The van der Waals surface area contributed by atoms with Gasteiger partial charge in [0, 0.05) is 27.7 Å². The van der Waals surface area contributed by atoms with Gasteiger partial charge in [0.25, 0.3) is 5.69 Å². The minimum absolute atomic E-state index is 0.0544. The Morgan fingerprint density at radius 2 is 1.89 bits per heavy atom. The molecule has 1 aliphatic rings. The monoisotopic (exact) mass is 556 g/mol. The molecule has 3 aromatic carbocycles. The Labute approximate surface area is 214 Å². The van der Waals surface area contributed by atoms with Gasteiger partial charge in [0.15, 0.2) is 17.2 Å². The number of hydrogen-bond donors (Lipinski definition) is 0. The van der Waals surface area contributed by atoms with Gasteiger partial charge >= 0.3 is 5.97 Å². The van der Waals surface area contributed by atoms with E-state index in [2.05, 4.69) is 20.9 Å². The summed E-state index contributed by atoms with van der Waals surface area (Å²) in [4.78, 5) is 27.0. The molecule has 0 aliphatic carbocycles. The maximum atomic E-state index is 12.4. The van der Waals surface area contributed by atoms with Crippen LogP contribution < -0.4 is 9.47 Å². The Balaban J connectivity index is 1.60. The summed E-state index contributed by atoms with van der Waals surface area (Å²) >= 11 is 10.0. The number of cyclic esters (lactones) is 1. The van der Waals surface area contributed by atoms with Gasteiger partial charge in [-0.1, -0.05) is 45.7 Å². The molecule has 8 nitrogen and oxygen atoms in total. The normalized spacial score (nSPS) is 14.0. The van der Waals surface area contributed by atoms with Gasteiger partial charge in [0.2, 0.25) is 5.90 Å². The Morgan fingerprint density at radius 3 is 2.57 bits per heavy atom. The zero-order valence-electron chi connectivity index (χ0n) is 18.4. The number of nitro groups is 1. The molecule has 178 valence electrons. The van der Waals surface area contributed by atoms with Gasteiger partial charge in [-0.15, -0.1) is 0 Å². The predicted molar refractivity (Wildman–Crippen MR) is 135 cm³/mol. The minimum atomic E-state index is -0.651. The van der Waals surface area contributed by atoms with Crippen LogP contribution in [0, 0.1) is 10.1 Å². The molecule has 10 heteroatoms. The first-order chi connectivity index (χ1) is 16.9. The van der Waals surface area contributed by atoms with Crippen molar-refractivity contribution < 1.29 is 23.9 Å². The van der Waals surface area contributed by atoms with Crippen LogP contribution >= 0.6 is 27.5 Å². The molecule has 0 bridgehead atoms. The van der Waals surface area contributed by atoms with E-state index in [4.69, 9.17) is 25.8 Å². The minimum Gasteiger partial charge on any atom is -0.490 e. The Morgan fingerprint density at radius 1 is 1.14 bits per heavy atom. The fourth-order valence-electron chi connectivity index (χ4n) is 3.26. The highest BCUT2D eigenvalue weighted by Crippen LogP contribution is 2.38. The number of carbonyl (C=O) groups excluding carboxylic acids is 1. The third-order valence-electron chi connectivity index (χ3n) is 4.91. The van der Waals surface area contributed by atoms with Crippen LogP contribution in [0.15, 0.2) is 75.8 Å². The van der Waals surface area contributed by atoms with Crippen LogP contribution in [0.4, 0.5) is 5.69 Å². The van der Waals surface area contributed by atoms with Gasteiger partial charge in [-0.3, -0.25) is 10.1 Å². The zero-order chi connectivity index (χ0) is 24.9. The van der Waals surface area contributed by atoms with Crippen LogP contribution in [0.1, 0.15) is 23.6 Å². The van der Waals surface area contributed by atoms with Gasteiger partial charge in [-0.05, 0) is 48.9 Å². The number of ether oxygens (including phenoxy) is 3. The Kier molecular flexibility index (Phi) is 7.48. The van der Waals surface area contributed by atoms with Crippen molar-refractivity contribution in [1.82, 2.24) is 0 Å². The lowest BCUT2D eigenvalue weighted by Gasteiger charge is -2.15. The number of nitro benzene ring substituents is 1. The molecule has 4 rings (SSSR count). The molecule has 0 amide bonds. The molecule has 1 aliphatic heterocycles. The molecule has 0 saturated heterocycles. The van der Waals surface area contributed by atoms with Crippen molar-refractivity contribution in [3.05, 3.63) is 103 Å². The van der Waals surface area contributed by atoms with E-state index in [1.54, 1.807) is 12.1 Å². The standard InChI is InChI=1S/C25H18BrClN2O6/c1-2-33-22-13-15(11-20(27)23(22)34-14-17-5-3-4-6-19(17)26)12-21-25(30)35-24(28-21)16-7-9-18(10-8-16)29(31)32/h3-13H,2,14H2,1H3/b21-12-. The van der Waals surface area contributed by atoms with Crippen molar-refractivity contribution in [2.45, 2.75) is 13.5 Å². The smallest absolute Gasteiger partial charge is 0.363 e. The Bertz CT molecular complexity index is 1350. The van der Waals surface area contributed by atoms with Crippen LogP contribution in [-0.4, -0.2) is 23.4 Å². The number of esters is 1. The molecule has 0 unspecified atom stereocenters. The first-order valence-corrected chi connectivity index (χ1v) is 11.6. The molecule has 1 heterocycles. The van der Waals surface area contributed by atoms with Gasteiger partial charge < -0.3 is 14.2 Å². The van der Waals surface area contributed by atoms with Crippen LogP contribution in [0.25, 0.3) is 6.08 Å². The summed E-state index contributed by atoms with van der Waals surface area (Å²) in [6.45, 7) is 2.49. The number of carbonyl (C=O) groups is 1. The molecule has 0 aromatic heterocycles. The van der Waals surface area contributed by atoms with Gasteiger partial charge in [-0.25, -0.2) is 9.79 Å². The number of benzene rings is 3. The van der Waals surface area contributed by atoms with E-state index in [1.807, 2.05) is 31.2 Å². The fraction of sp³-hybridized carbons (Fsp3) is 0.120. The van der Waals surface area contributed by atoms with Crippen LogP contribution in [-0.2, 0) is 16.1 Å². The van der Waals surface area contributed by atoms with E-state index in [9.17, 15) is 14.9 Å². The van der Waals surface area contributed by atoms with Gasteiger partial charge in [0.05, 0.1) is 16.6 Å². The van der Waals surface area contributed by atoms with E-state index in [0.29, 0.717) is 34.3 Å². The van der Waals surface area contributed by atoms with Crippen molar-refractivity contribution in [3.63, 3.8) is 0 Å². The average Bonchev–Trinajstić information content (AvgIpc) is 3.20. The second-order valence-corrected chi connectivity index (χ2v) is 8.54. The summed E-state index contributed by atoms with van der Waals surface area (Å²) in [7, 11) is 0. The van der Waals surface area contributed by atoms with Gasteiger partial charge in [-0.2, -0.15) is 0 Å². The summed E-state index contributed by atoms with van der Waals surface area (Å²) in [5.74, 6) is 0.211. The fourth-order valence-corrected chi connectivity index (χ4v) is 3.93. The number of non-ortho nitro benzene ring substituents is 1. The molecule has 3 aromatic rings. The molecule has 0 fully saturated rings. The van der Waals surface area contributed by atoms with Crippen LogP contribution in [0.5, 0.6) is 11.5 Å². The number of nitrogens with zero attached hydrogens (tertiary/aromatic N) is 2. The maximum absolute atomic E-state index is 12.4. The number of rotatable bonds is 8. The largest absolute Gasteiger partial charge is 0.490 e. The summed E-state index contributed by atoms with van der Waals surface area (Å²) in [5, 5.41) is 11.1. The number of hydrogen-bond acceptors (Lipinski definition) is 7. The lowest BCUT2D eigenvalue weighted by Crippen LogP contribution is -2.05. The third kappa shape index (κ3) is 5.70. The molecule has 0 N–H and O–H groups in total. The summed E-state index contributed by atoms with van der Waals surface area (Å²) in [6, 6.07) is 16.6. The highest BCUT2D eigenvalue weighted by atomic mass is 79.9. The lowest BCUT2D eigenvalue weighted by molar-refractivity contribution is -0.384. The molecule has 35 heavy (non-hydrogen) atoms. The predicted octanol–water partition coefficient (Wildman–Crippen LogP) is 6.33. The van der Waals surface area contributed by atoms with Crippen LogP contribution in [0.2, 0.25) is 5.02 Å². The average molecular weight is 558 g/mol. The lowest BCUT2D eigenvalue weighted by atomic mass is 10.1. The van der Waals surface area contributed by atoms with Crippen molar-refractivity contribution >= 4 is 51.2 Å². The summed E-state index contributed by atoms with van der Waals surface area (Å²) in [5.41, 5.74) is 1.93. The van der Waals surface area contributed by atoms with E-state index in [1.165, 1.54) is 30.3 Å². The molecular weight excluding hydrogens is 540 g/mol. The van der Waals surface area contributed by atoms with Crippen molar-refractivity contribution in [1.29, 1.82) is 0 Å². The molecule has 0 saturated carbocycles. The first-order valence-electron chi connectivity index (χ1n) is 10.5. The van der Waals surface area contributed by atoms with Crippen molar-refractivity contribution in [2.24, 2.45) is 4.99 Å². The van der Waals surface area contributed by atoms with E-state index in [-0.39, 0.29) is 23.9 Å². The highest BCUT2D eigenvalue weighted by molar-refractivity contribution is 9.10. The van der Waals surface area contributed by atoms with Crippen LogP contribution in [0.3, 0.4) is 0 Å². The summed E-state index contributed by atoms with van der Waals surface area (Å²) < 4.78 is 17.8. The van der Waals surface area contributed by atoms with Gasteiger partial charge in [0.1, 0.15) is 6.61 Å². The SMILES string of the molecule is CCOc1cc(/C=C2\N=C(c3ccc([N+](=O)[O-])cc3)OC2=O)cc(Cl)c1OCc1ccccc1Br. The van der Waals surface area contributed by atoms with E-state index in [0.717, 1.165) is 10.0 Å². The second kappa shape index (κ2) is 10.7. The quantitative estimate of drug-likeness (QED) is 0.139. The van der Waals surface area contributed by atoms with Crippen molar-refractivity contribution in [2.75, 3.05) is 6.61 Å². The molecular formula is C25H18BrClN2O6. The third-order valence-corrected chi connectivity index (χ3v) is 5.96. The Hall–Kier alpha value is -3.69. The zero-order valence-corrected chi connectivity index (χ0v) is 20.7. The summed E-state index contributed by atoms with van der Waals surface area (Å²) in [6.07, 6.45) is 1.52. The second-order valence-electron chi connectivity index (χ2n) is 7.28. The molecule has 0 atom stereocenters. The highest BCUT2D eigenvalue weighted by Gasteiger charge is 2.25. The number of aliphatic imine (C=N–C) groups is 1. The van der Waals surface area contributed by atoms with E-state index < -0.39 is 10.9 Å². The van der Waals surface area contributed by atoms with Crippen molar-refractivity contribution in [3.8, 4) is 11.5 Å². The maximum Gasteiger partial charge on any atom is 0.363 e. The molecule has 0 radical (unpaired) electrons. The molecule has 0 spiro atoms. The van der Waals surface area contributed by atoms with E-state index >= 15 is 0 Å². The first kappa shape index (κ1) is 24.4. The number of halogens is 2.